The van der Waals surface area contributed by atoms with E-state index >= 15 is 0 Å². The highest BCUT2D eigenvalue weighted by Crippen LogP contribution is 2.10. The zero-order valence-corrected chi connectivity index (χ0v) is 11.5. The Labute approximate surface area is 125 Å². The van der Waals surface area contributed by atoms with E-state index in [1.807, 2.05) is 18.2 Å². The van der Waals surface area contributed by atoms with Crippen LogP contribution in [0, 0.1) is 0 Å². The monoisotopic (exact) mass is 292 g/mol. The molecule has 2 N–H and O–H groups in total. The van der Waals surface area contributed by atoms with Crippen LogP contribution in [0.1, 0.15) is 5.56 Å². The van der Waals surface area contributed by atoms with Crippen LogP contribution in [-0.2, 0) is 0 Å². The Balaban J connectivity index is 1.76. The van der Waals surface area contributed by atoms with Gasteiger partial charge < -0.3 is 0 Å². The molecule has 3 aromatic rings. The molecule has 2 aromatic heterocycles. The van der Waals surface area contributed by atoms with Gasteiger partial charge in [-0.25, -0.2) is 5.43 Å². The SMILES string of the molecule is O=c1[nH]c(N/N=C\c2ccncc2)nnc1-c1ccccc1. The average Bonchev–Trinajstić information content (AvgIpc) is 2.57. The molecule has 0 bridgehead atoms. The van der Waals surface area contributed by atoms with Gasteiger partial charge in [0.05, 0.1) is 6.21 Å². The molecule has 0 saturated heterocycles. The van der Waals surface area contributed by atoms with Crippen LogP contribution in [-0.4, -0.2) is 26.4 Å². The number of aromatic nitrogens is 4. The Bertz CT molecular complexity index is 829. The van der Waals surface area contributed by atoms with Gasteiger partial charge in [0.1, 0.15) is 0 Å². The van der Waals surface area contributed by atoms with Crippen LogP contribution in [0.5, 0.6) is 0 Å². The molecule has 0 fully saturated rings. The third-order valence-electron chi connectivity index (χ3n) is 2.83. The Kier molecular flexibility index (Phi) is 3.96. The molecule has 0 aliphatic carbocycles. The van der Waals surface area contributed by atoms with Crippen molar-refractivity contribution in [1.82, 2.24) is 20.2 Å². The number of nitrogens with one attached hydrogen (secondary N) is 2. The highest BCUT2D eigenvalue weighted by Gasteiger charge is 2.06. The predicted octanol–water partition coefficient (Wildman–Crippen LogP) is 1.67. The fourth-order valence-electron chi connectivity index (χ4n) is 1.79. The minimum Gasteiger partial charge on any atom is -0.288 e. The summed E-state index contributed by atoms with van der Waals surface area (Å²) in [7, 11) is 0. The first kappa shape index (κ1) is 13.6. The highest BCUT2D eigenvalue weighted by molar-refractivity contribution is 5.79. The number of anilines is 1. The number of H-pyrrole nitrogens is 1. The zero-order chi connectivity index (χ0) is 15.2. The van der Waals surface area contributed by atoms with E-state index < -0.39 is 0 Å². The minimum atomic E-state index is -0.331. The second-order valence-corrected chi connectivity index (χ2v) is 4.37. The summed E-state index contributed by atoms with van der Waals surface area (Å²) in [4.78, 5) is 18.5. The van der Waals surface area contributed by atoms with Crippen LogP contribution < -0.4 is 11.0 Å². The number of hydrogen-bond donors (Lipinski definition) is 2. The first-order valence-corrected chi connectivity index (χ1v) is 6.54. The second kappa shape index (κ2) is 6.40. The molecule has 7 nitrogen and oxygen atoms in total. The predicted molar refractivity (Wildman–Crippen MR) is 83.5 cm³/mol. The van der Waals surface area contributed by atoms with Gasteiger partial charge in [-0.3, -0.25) is 14.8 Å². The molecule has 0 atom stereocenters. The number of hydrazone groups is 1. The Morgan fingerprint density at radius 3 is 2.55 bits per heavy atom. The van der Waals surface area contributed by atoms with Crippen molar-refractivity contribution in [3.05, 3.63) is 70.8 Å². The average molecular weight is 292 g/mol. The molecule has 0 aliphatic rings. The van der Waals surface area contributed by atoms with Gasteiger partial charge >= 0.3 is 0 Å². The van der Waals surface area contributed by atoms with Crippen molar-refractivity contribution in [3.8, 4) is 11.3 Å². The van der Waals surface area contributed by atoms with Crippen LogP contribution >= 0.6 is 0 Å². The fourth-order valence-corrected chi connectivity index (χ4v) is 1.79. The molecule has 0 radical (unpaired) electrons. The quantitative estimate of drug-likeness (QED) is 0.563. The molecular weight excluding hydrogens is 280 g/mol. The lowest BCUT2D eigenvalue weighted by atomic mass is 10.2. The summed E-state index contributed by atoms with van der Waals surface area (Å²) in [5.41, 5.74) is 4.15. The fraction of sp³-hybridized carbons (Fsp3) is 0. The van der Waals surface area contributed by atoms with Crippen molar-refractivity contribution >= 4 is 12.2 Å². The highest BCUT2D eigenvalue weighted by atomic mass is 16.1. The van der Waals surface area contributed by atoms with Crippen molar-refractivity contribution in [2.75, 3.05) is 5.43 Å². The second-order valence-electron chi connectivity index (χ2n) is 4.37. The normalized spacial score (nSPS) is 10.7. The number of nitrogens with zero attached hydrogens (tertiary/aromatic N) is 4. The minimum absolute atomic E-state index is 0.176. The molecule has 0 aliphatic heterocycles. The number of hydrogen-bond acceptors (Lipinski definition) is 6. The molecular formula is C15H12N6O. The summed E-state index contributed by atoms with van der Waals surface area (Å²) in [6.45, 7) is 0. The lowest BCUT2D eigenvalue weighted by Crippen LogP contribution is -2.15. The van der Waals surface area contributed by atoms with Gasteiger partial charge in [-0.2, -0.15) is 5.10 Å². The van der Waals surface area contributed by atoms with E-state index in [4.69, 9.17) is 0 Å². The van der Waals surface area contributed by atoms with Crippen molar-refractivity contribution in [3.63, 3.8) is 0 Å². The maximum absolute atomic E-state index is 12.0. The lowest BCUT2D eigenvalue weighted by molar-refractivity contribution is 0.947. The standard InChI is InChI=1S/C15H12N6O/c22-14-13(12-4-2-1-3-5-12)19-21-15(18-14)20-17-10-11-6-8-16-9-7-11/h1-10H,(H2,18,20,21,22)/b17-10-. The summed E-state index contributed by atoms with van der Waals surface area (Å²) < 4.78 is 0. The van der Waals surface area contributed by atoms with Crippen LogP contribution in [0.2, 0.25) is 0 Å². The molecule has 7 heteroatoms. The van der Waals surface area contributed by atoms with E-state index in [-0.39, 0.29) is 17.2 Å². The lowest BCUT2D eigenvalue weighted by Gasteiger charge is -2.01. The number of pyridine rings is 1. The van der Waals surface area contributed by atoms with Gasteiger partial charge in [0.15, 0.2) is 5.69 Å². The van der Waals surface area contributed by atoms with Gasteiger partial charge in [0.25, 0.3) is 5.56 Å². The molecule has 2 heterocycles. The summed E-state index contributed by atoms with van der Waals surface area (Å²) >= 11 is 0. The Morgan fingerprint density at radius 1 is 1.05 bits per heavy atom. The van der Waals surface area contributed by atoms with Crippen molar-refractivity contribution in [2.24, 2.45) is 5.10 Å². The van der Waals surface area contributed by atoms with E-state index in [0.717, 1.165) is 5.56 Å². The van der Waals surface area contributed by atoms with Crippen LogP contribution in [0.3, 0.4) is 0 Å². The zero-order valence-electron chi connectivity index (χ0n) is 11.5. The topological polar surface area (TPSA) is 95.9 Å². The van der Waals surface area contributed by atoms with Crippen molar-refractivity contribution in [1.29, 1.82) is 0 Å². The number of aromatic amines is 1. The van der Waals surface area contributed by atoms with Crippen LogP contribution in [0.4, 0.5) is 5.95 Å². The maximum atomic E-state index is 12.0. The van der Waals surface area contributed by atoms with Gasteiger partial charge in [-0.05, 0) is 17.7 Å². The molecule has 0 saturated carbocycles. The van der Waals surface area contributed by atoms with Gasteiger partial charge in [-0.15, -0.1) is 10.2 Å². The Hall–Kier alpha value is -3.35. The van der Waals surface area contributed by atoms with E-state index in [2.05, 4.69) is 30.7 Å². The molecule has 1 aromatic carbocycles. The van der Waals surface area contributed by atoms with Gasteiger partial charge in [0.2, 0.25) is 5.95 Å². The first-order chi connectivity index (χ1) is 10.8. The van der Waals surface area contributed by atoms with E-state index in [0.29, 0.717) is 5.56 Å². The smallest absolute Gasteiger partial charge is 0.279 e. The van der Waals surface area contributed by atoms with Crippen molar-refractivity contribution in [2.45, 2.75) is 0 Å². The summed E-state index contributed by atoms with van der Waals surface area (Å²) in [6, 6.07) is 12.7. The largest absolute Gasteiger partial charge is 0.288 e. The van der Waals surface area contributed by atoms with E-state index in [1.165, 1.54) is 0 Å². The summed E-state index contributed by atoms with van der Waals surface area (Å²) in [5.74, 6) is 0.176. The first-order valence-electron chi connectivity index (χ1n) is 6.54. The number of benzene rings is 1. The third kappa shape index (κ3) is 3.21. The molecule has 0 amide bonds. The molecule has 22 heavy (non-hydrogen) atoms. The van der Waals surface area contributed by atoms with Gasteiger partial charge in [0, 0.05) is 18.0 Å². The molecule has 0 unspecified atom stereocenters. The third-order valence-corrected chi connectivity index (χ3v) is 2.83. The summed E-state index contributed by atoms with van der Waals surface area (Å²) in [5, 5.41) is 11.8. The number of rotatable bonds is 4. The van der Waals surface area contributed by atoms with Crippen molar-refractivity contribution < 1.29 is 0 Å². The van der Waals surface area contributed by atoms with E-state index in [1.54, 1.807) is 42.9 Å². The molecule has 3 rings (SSSR count). The molecule has 108 valence electrons. The van der Waals surface area contributed by atoms with Crippen LogP contribution in [0.25, 0.3) is 11.3 Å². The summed E-state index contributed by atoms with van der Waals surface area (Å²) in [6.07, 6.45) is 4.92. The Morgan fingerprint density at radius 2 is 1.82 bits per heavy atom. The maximum Gasteiger partial charge on any atom is 0.279 e. The van der Waals surface area contributed by atoms with Crippen LogP contribution in [0.15, 0.2) is 64.8 Å². The van der Waals surface area contributed by atoms with Gasteiger partial charge in [-0.1, -0.05) is 30.3 Å². The molecule has 0 spiro atoms. The van der Waals surface area contributed by atoms with E-state index in [9.17, 15) is 4.79 Å².